The summed E-state index contributed by atoms with van der Waals surface area (Å²) in [7, 11) is -2.85. The van der Waals surface area contributed by atoms with Crippen LogP contribution in [0, 0.1) is 0 Å². The SMILES string of the molecule is COP(=O)(O)OCCCCCCNC(=O)CCC(=O)N1Cc2ccccc2-c2nnn(CCCCCC(=O)NCCCCCCO[C@H]3O[C@H](CO)C(O)C(O)C3O)c2-c2ccccc21. The van der Waals surface area contributed by atoms with Crippen LogP contribution >= 0.6 is 7.82 Å². The van der Waals surface area contributed by atoms with Gasteiger partial charge in [-0.05, 0) is 50.2 Å². The van der Waals surface area contributed by atoms with E-state index >= 15 is 0 Å². The second-order valence-electron chi connectivity index (χ2n) is 16.1. The molecular formula is C44H65N6O13P. The number of anilines is 1. The zero-order valence-electron chi connectivity index (χ0n) is 36.6. The van der Waals surface area contributed by atoms with Gasteiger partial charge in [0.05, 0.1) is 31.1 Å². The van der Waals surface area contributed by atoms with Crippen LogP contribution in [-0.2, 0) is 50.6 Å². The van der Waals surface area contributed by atoms with Gasteiger partial charge in [0, 0.05) is 63.7 Å². The van der Waals surface area contributed by atoms with Gasteiger partial charge in [0.2, 0.25) is 17.7 Å². The number of aliphatic hydroxyl groups excluding tert-OH is 4. The largest absolute Gasteiger partial charge is 0.471 e. The number of hydrogen-bond acceptors (Lipinski definition) is 14. The first kappa shape index (κ1) is 50.9. The molecule has 0 saturated carbocycles. The fourth-order valence-corrected chi connectivity index (χ4v) is 8.17. The number of nitrogens with zero attached hydrogens (tertiary/aromatic N) is 4. The molecule has 2 aliphatic rings. The summed E-state index contributed by atoms with van der Waals surface area (Å²) in [5, 5.41) is 54.3. The number of benzene rings is 2. The number of aromatic nitrogens is 3. The summed E-state index contributed by atoms with van der Waals surface area (Å²) < 4.78 is 33.3. The molecule has 19 nitrogen and oxygen atoms in total. The highest BCUT2D eigenvalue weighted by atomic mass is 31.2. The second-order valence-corrected chi connectivity index (χ2v) is 17.6. The summed E-state index contributed by atoms with van der Waals surface area (Å²) in [6.45, 7) is 1.74. The van der Waals surface area contributed by atoms with Crippen molar-refractivity contribution in [2.45, 2.75) is 134 Å². The lowest BCUT2D eigenvalue weighted by Gasteiger charge is -2.39. The van der Waals surface area contributed by atoms with Crippen LogP contribution < -0.4 is 15.5 Å². The van der Waals surface area contributed by atoms with Crippen LogP contribution in [0.2, 0.25) is 0 Å². The van der Waals surface area contributed by atoms with Gasteiger partial charge in [0.25, 0.3) is 0 Å². The van der Waals surface area contributed by atoms with E-state index in [1.807, 2.05) is 53.2 Å². The average Bonchev–Trinajstić information content (AvgIpc) is 3.71. The molecule has 0 radical (unpaired) electrons. The van der Waals surface area contributed by atoms with E-state index in [9.17, 15) is 44.3 Å². The van der Waals surface area contributed by atoms with Gasteiger partial charge in [-0.2, -0.15) is 0 Å². The maximum Gasteiger partial charge on any atom is 0.471 e. The number of phosphoric ester groups is 1. The van der Waals surface area contributed by atoms with Crippen molar-refractivity contribution in [3.8, 4) is 22.5 Å². The minimum Gasteiger partial charge on any atom is -0.394 e. The molecular weight excluding hydrogens is 851 g/mol. The van der Waals surface area contributed by atoms with Gasteiger partial charge >= 0.3 is 7.82 Å². The van der Waals surface area contributed by atoms with Crippen molar-refractivity contribution in [2.24, 2.45) is 0 Å². The van der Waals surface area contributed by atoms with E-state index in [2.05, 4.69) is 25.5 Å². The van der Waals surface area contributed by atoms with Crippen molar-refractivity contribution < 1.29 is 62.8 Å². The second kappa shape index (κ2) is 26.1. The highest BCUT2D eigenvalue weighted by Gasteiger charge is 2.44. The van der Waals surface area contributed by atoms with Crippen LogP contribution in [0.3, 0.4) is 0 Å². The highest BCUT2D eigenvalue weighted by Crippen LogP contribution is 2.42. The number of hydrogen-bond donors (Lipinski definition) is 7. The van der Waals surface area contributed by atoms with Crippen molar-refractivity contribution in [2.75, 3.05) is 44.9 Å². The Morgan fingerprint density at radius 3 is 2.14 bits per heavy atom. The fraction of sp³-hybridized carbons (Fsp3) is 0.614. The van der Waals surface area contributed by atoms with Crippen molar-refractivity contribution in [1.82, 2.24) is 25.6 Å². The lowest BCUT2D eigenvalue weighted by molar-refractivity contribution is -0.301. The van der Waals surface area contributed by atoms with Gasteiger partial charge in [-0.25, -0.2) is 9.25 Å². The molecule has 1 saturated heterocycles. The summed E-state index contributed by atoms with van der Waals surface area (Å²) in [5.41, 5.74) is 4.83. The number of para-hydroxylation sites is 1. The number of unbranched alkanes of at least 4 members (excludes halogenated alkanes) is 8. The van der Waals surface area contributed by atoms with Crippen LogP contribution in [0.4, 0.5) is 5.69 Å². The zero-order chi connectivity index (χ0) is 45.9. The summed E-state index contributed by atoms with van der Waals surface area (Å²) in [5.74, 6) is -0.407. The molecule has 5 rings (SSSR count). The minimum atomic E-state index is -3.97. The Hall–Kier alpha value is -4.14. The lowest BCUT2D eigenvalue weighted by Crippen LogP contribution is -2.59. The molecule has 2 aliphatic heterocycles. The third kappa shape index (κ3) is 15.0. The first-order chi connectivity index (χ1) is 30.9. The maximum atomic E-state index is 14.0. The number of fused-ring (bicyclic) bond motifs is 5. The Morgan fingerprint density at radius 2 is 1.42 bits per heavy atom. The van der Waals surface area contributed by atoms with Gasteiger partial charge in [-0.1, -0.05) is 79.8 Å². The van der Waals surface area contributed by atoms with Crippen molar-refractivity contribution in [1.29, 1.82) is 0 Å². The molecule has 2 aromatic carbocycles. The summed E-state index contributed by atoms with van der Waals surface area (Å²) >= 11 is 0. The van der Waals surface area contributed by atoms with Gasteiger partial charge in [-0.15, -0.1) is 5.10 Å². The average molecular weight is 917 g/mol. The Labute approximate surface area is 374 Å². The summed E-state index contributed by atoms with van der Waals surface area (Å²) in [6.07, 6.45) is 2.26. The third-order valence-corrected chi connectivity index (χ3v) is 12.3. The molecule has 0 spiro atoms. The molecule has 3 aromatic rings. The molecule has 0 aliphatic carbocycles. The molecule has 4 unspecified atom stereocenters. The molecule has 64 heavy (non-hydrogen) atoms. The molecule has 354 valence electrons. The Morgan fingerprint density at radius 1 is 0.781 bits per heavy atom. The number of phosphoric acid groups is 1. The van der Waals surface area contributed by atoms with Crippen LogP contribution in [-0.4, -0.2) is 129 Å². The Bertz CT molecular complexity index is 1980. The number of carbonyl (C=O) groups is 3. The van der Waals surface area contributed by atoms with Gasteiger partial charge in [-0.3, -0.25) is 23.4 Å². The van der Waals surface area contributed by atoms with Crippen LogP contribution in [0.15, 0.2) is 48.5 Å². The quantitative estimate of drug-likeness (QED) is 0.0425. The van der Waals surface area contributed by atoms with Crippen LogP contribution in [0.25, 0.3) is 22.5 Å². The zero-order valence-corrected chi connectivity index (χ0v) is 37.5. The van der Waals surface area contributed by atoms with Gasteiger partial charge in [0.15, 0.2) is 6.29 Å². The Kier molecular flexibility index (Phi) is 20.8. The number of nitrogens with one attached hydrogen (secondary N) is 2. The number of aliphatic hydroxyl groups is 4. The predicted octanol–water partition coefficient (Wildman–Crippen LogP) is 3.73. The van der Waals surface area contributed by atoms with E-state index in [0.717, 1.165) is 86.6 Å². The first-order valence-corrected chi connectivity index (χ1v) is 23.8. The van der Waals surface area contributed by atoms with Crippen molar-refractivity contribution in [3.05, 3.63) is 54.1 Å². The molecule has 1 aromatic heterocycles. The predicted molar refractivity (Wildman–Crippen MR) is 235 cm³/mol. The molecule has 1 fully saturated rings. The monoisotopic (exact) mass is 916 g/mol. The topological polar surface area (TPSA) is 264 Å². The molecule has 7 N–H and O–H groups in total. The van der Waals surface area contributed by atoms with Crippen molar-refractivity contribution >= 4 is 31.2 Å². The smallest absolute Gasteiger partial charge is 0.394 e. The third-order valence-electron chi connectivity index (χ3n) is 11.3. The number of rotatable bonds is 27. The van der Waals surface area contributed by atoms with Gasteiger partial charge in [0.1, 0.15) is 30.1 Å². The maximum absolute atomic E-state index is 14.0. The van der Waals surface area contributed by atoms with E-state index in [-0.39, 0.29) is 43.8 Å². The normalized spacial score (nSPS) is 20.3. The Balaban J connectivity index is 1.04. The van der Waals surface area contributed by atoms with E-state index in [1.54, 1.807) is 4.90 Å². The molecule has 3 heterocycles. The molecule has 6 atom stereocenters. The van der Waals surface area contributed by atoms with E-state index in [1.165, 1.54) is 0 Å². The summed E-state index contributed by atoms with van der Waals surface area (Å²) in [6, 6.07) is 15.5. The van der Waals surface area contributed by atoms with Crippen LogP contribution in [0.5, 0.6) is 0 Å². The number of ether oxygens (including phenoxy) is 2. The molecule has 0 bridgehead atoms. The standard InChI is InChI=1S/C44H65N6O13P/c1-60-64(58,59)62-28-16-5-3-13-25-46-37(53)22-23-38(54)49-29-31-17-8-9-18-32(31)39-40(33-19-10-11-20-34(33)49)50(48-47-39)26-14-6-7-21-36(52)45-24-12-2-4-15-27-61-44-43(57)42(56)41(55)35(30-51)63-44/h8-11,17-20,35,41-44,51,55-57H,2-7,12-16,21-30H2,1H3,(H,45,52)(H,46,53)(H,58,59)/t35-,41?,42?,43?,44+/m1/s1. The van der Waals surface area contributed by atoms with E-state index < -0.39 is 45.1 Å². The lowest BCUT2D eigenvalue weighted by atomic mass is 9.95. The highest BCUT2D eigenvalue weighted by molar-refractivity contribution is 7.47. The summed E-state index contributed by atoms with van der Waals surface area (Å²) in [4.78, 5) is 50.3. The molecule has 3 amide bonds. The fourth-order valence-electron chi connectivity index (χ4n) is 7.70. The number of carbonyl (C=O) groups excluding carboxylic acids is 3. The number of aryl methyl sites for hydroxylation is 1. The van der Waals surface area contributed by atoms with Crippen molar-refractivity contribution in [3.63, 3.8) is 0 Å². The van der Waals surface area contributed by atoms with Crippen LogP contribution in [0.1, 0.15) is 95.5 Å². The first-order valence-electron chi connectivity index (χ1n) is 22.3. The van der Waals surface area contributed by atoms with Gasteiger partial charge < -0.3 is 50.3 Å². The van der Waals surface area contributed by atoms with E-state index in [4.69, 9.17) is 14.0 Å². The van der Waals surface area contributed by atoms with E-state index in [0.29, 0.717) is 57.5 Å². The molecule has 20 heteroatoms. The minimum absolute atomic E-state index is 0.00912. The number of amides is 3.